The Hall–Kier alpha value is -4.07. The highest BCUT2D eigenvalue weighted by Gasteiger charge is 2.64. The minimum atomic E-state index is -5.35. The second kappa shape index (κ2) is 15.0. The third kappa shape index (κ3) is 6.58. The van der Waals surface area contributed by atoms with Crippen molar-refractivity contribution in [3.8, 4) is 11.5 Å². The summed E-state index contributed by atoms with van der Waals surface area (Å²) in [6.07, 6.45) is 0. The molecule has 25 heteroatoms. The molecule has 0 N–H and O–H groups in total. The van der Waals surface area contributed by atoms with E-state index >= 15 is 26.3 Å². The summed E-state index contributed by atoms with van der Waals surface area (Å²) in [6.45, 7) is 2.46. The summed E-state index contributed by atoms with van der Waals surface area (Å²) in [5, 5.41) is -0.492. The maximum atomic E-state index is 16.2. The first kappa shape index (κ1) is 41.7. The Kier molecular flexibility index (Phi) is 11.8. The monoisotopic (exact) mass is 810 g/mol. The molecule has 0 fully saturated rings. The molecule has 53 heavy (non-hydrogen) atoms. The van der Waals surface area contributed by atoms with Crippen molar-refractivity contribution in [3.05, 3.63) is 116 Å². The van der Waals surface area contributed by atoms with Crippen LogP contribution in [0.15, 0.2) is 29.4 Å². The molecule has 3 aromatic carbocycles. The predicted molar refractivity (Wildman–Crippen MR) is 139 cm³/mol. The molecule has 1 aliphatic carbocycles. The van der Waals surface area contributed by atoms with Gasteiger partial charge in [0.2, 0.25) is 69.8 Å². The molecule has 0 radical (unpaired) electrons. The Morgan fingerprint density at radius 2 is 0.830 bits per heavy atom. The Morgan fingerprint density at radius 3 is 1.19 bits per heavy atom. The van der Waals surface area contributed by atoms with Gasteiger partial charge in [-0.15, -0.1) is 0 Å². The lowest BCUT2D eigenvalue weighted by Gasteiger charge is -2.40. The molecule has 0 spiro atoms. The molecular weight excluding hydrogens is 799 g/mol. The van der Waals surface area contributed by atoms with Gasteiger partial charge in [0, 0.05) is 5.56 Å². The van der Waals surface area contributed by atoms with Crippen LogP contribution in [-0.4, -0.2) is 27.7 Å². The minimum absolute atomic E-state index is 0.246. The number of benzene rings is 3. The fraction of sp³-hybridized carbons (Fsp3) is 0.214. The van der Waals surface area contributed by atoms with Gasteiger partial charge in [0.05, 0.1) is 0 Å². The first-order valence-electron chi connectivity index (χ1n) is 13.9. The molecule has 0 aliphatic heterocycles. The zero-order chi connectivity index (χ0) is 40.2. The molecule has 0 unspecified atom stereocenters. The van der Waals surface area contributed by atoms with Gasteiger partial charge in [0.25, 0.3) is 5.85 Å². The van der Waals surface area contributed by atoms with Crippen LogP contribution >= 0.6 is 0 Å². The molecule has 0 heterocycles. The normalized spacial score (nSPS) is 19.0. The Morgan fingerprint density at radius 1 is 0.491 bits per heavy atom. The lowest BCUT2D eigenvalue weighted by Crippen LogP contribution is -2.51. The van der Waals surface area contributed by atoms with E-state index in [-0.39, 0.29) is 10.6 Å². The molecule has 0 saturated carbocycles. The molecule has 3 aromatic rings. The molecule has 0 aromatic heterocycles. The molecule has 1 aliphatic rings. The van der Waals surface area contributed by atoms with E-state index in [1.807, 2.05) is 0 Å². The van der Waals surface area contributed by atoms with E-state index < -0.39 is 161 Å². The second-order valence-corrected chi connectivity index (χ2v) is 13.5. The van der Waals surface area contributed by atoms with Crippen LogP contribution in [0.4, 0.5) is 83.4 Å². The summed E-state index contributed by atoms with van der Waals surface area (Å²) in [4.78, 5) is 0. The molecule has 0 amide bonds. The van der Waals surface area contributed by atoms with Crippen molar-refractivity contribution >= 4 is 21.8 Å². The van der Waals surface area contributed by atoms with Crippen molar-refractivity contribution in [3.63, 3.8) is 0 Å². The molecule has 4 nitrogen and oxygen atoms in total. The van der Waals surface area contributed by atoms with Gasteiger partial charge in [0.15, 0.2) is 52.0 Å². The lowest BCUT2D eigenvalue weighted by molar-refractivity contribution is -0.0648. The van der Waals surface area contributed by atoms with Gasteiger partial charge in [-0.05, 0) is 6.07 Å². The lowest BCUT2D eigenvalue weighted by atomic mass is 9.82. The van der Waals surface area contributed by atoms with E-state index in [9.17, 15) is 57.1 Å². The Labute approximate surface area is 286 Å². The van der Waals surface area contributed by atoms with E-state index in [1.165, 1.54) is 13.8 Å². The maximum Gasteiger partial charge on any atom is 0.789 e. The standard InChI is InChI=1S/C24HBF19O4.2C2H5.Al/c26-3-1-2(4(27)6(29)5(3)28)23(19(40)21(42)24(44,45)22(43)20(23)41)48-25(46-17-13(36)9(32)7(30)10(33)14(17)37)47-18-15(38)11(34)8(31)12(35)16(18)39;2*1-2;/h1H;2*1H2,2H3;/q-1;;;+1. The largest absolute Gasteiger partial charge is 0.789 e. The van der Waals surface area contributed by atoms with E-state index in [2.05, 4.69) is 17.8 Å². The average molecular weight is 810 g/mol. The molecule has 0 bridgehead atoms. The third-order valence-electron chi connectivity index (χ3n) is 7.33. The summed E-state index contributed by atoms with van der Waals surface area (Å²) in [5.41, 5.74) is -8.07. The summed E-state index contributed by atoms with van der Waals surface area (Å²) in [6, 6.07) is -0.886. The molecule has 4 rings (SSSR count). The predicted octanol–water partition coefficient (Wildman–Crippen LogP) is 10.0. The fourth-order valence-electron chi connectivity index (χ4n) is 4.59. The van der Waals surface area contributed by atoms with Gasteiger partial charge in [-0.3, -0.25) is 0 Å². The molecular formula is C28H11AlBF19O4. The van der Waals surface area contributed by atoms with Crippen LogP contribution in [0.25, 0.3) is 0 Å². The van der Waals surface area contributed by atoms with Gasteiger partial charge >= 0.3 is 21.8 Å². The van der Waals surface area contributed by atoms with Gasteiger partial charge in [0.1, 0.15) is 0 Å². The topological polar surface area (TPSA) is 36.9 Å². The highest BCUT2D eigenvalue weighted by Crippen LogP contribution is 2.56. The summed E-state index contributed by atoms with van der Waals surface area (Å²) < 4.78 is 296. The number of alkyl halides is 1. The minimum Gasteiger partial charge on any atom is -0.496 e. The Bertz CT molecular complexity index is 1900. The van der Waals surface area contributed by atoms with E-state index in [1.54, 1.807) is 0 Å². The van der Waals surface area contributed by atoms with E-state index in [4.69, 9.17) is 0 Å². The number of rotatable bonds is 11. The highest BCUT2D eigenvalue weighted by molar-refractivity contribution is 6.51. The van der Waals surface area contributed by atoms with Gasteiger partial charge in [-0.25, -0.2) is 61.5 Å². The van der Waals surface area contributed by atoms with Crippen molar-refractivity contribution in [1.82, 2.24) is 0 Å². The van der Waals surface area contributed by atoms with Crippen molar-refractivity contribution < 1.29 is 101 Å². The van der Waals surface area contributed by atoms with Crippen molar-refractivity contribution in [2.75, 3.05) is 0 Å². The first-order valence-corrected chi connectivity index (χ1v) is 16.0. The van der Waals surface area contributed by atoms with Gasteiger partial charge in [-0.2, -0.15) is 22.0 Å². The van der Waals surface area contributed by atoms with Gasteiger partial charge < -0.3 is 17.8 Å². The smallest absolute Gasteiger partial charge is 0.496 e. The molecule has 286 valence electrons. The summed E-state index contributed by atoms with van der Waals surface area (Å²) >= 11 is -3.25. The number of halogens is 19. The quantitative estimate of drug-likeness (QED) is 0.0837. The summed E-state index contributed by atoms with van der Waals surface area (Å²) in [5.74, 6) is -66.9. The van der Waals surface area contributed by atoms with E-state index in [0.29, 0.717) is 0 Å². The highest BCUT2D eigenvalue weighted by atomic mass is 27.2. The van der Waals surface area contributed by atoms with Crippen LogP contribution in [0.2, 0.25) is 10.6 Å². The zero-order valence-electron chi connectivity index (χ0n) is 25.5. The van der Waals surface area contributed by atoms with Crippen LogP contribution in [0.3, 0.4) is 0 Å². The second-order valence-electron chi connectivity index (χ2n) is 10.4. The van der Waals surface area contributed by atoms with Crippen molar-refractivity contribution in [2.24, 2.45) is 0 Å². The van der Waals surface area contributed by atoms with Crippen LogP contribution in [0.1, 0.15) is 19.4 Å². The molecule has 0 atom stereocenters. The molecule has 0 saturated heterocycles. The van der Waals surface area contributed by atoms with Crippen LogP contribution < -0.4 is 9.31 Å². The third-order valence-corrected chi connectivity index (χ3v) is 9.81. The number of hydrogen-bond acceptors (Lipinski definition) is 4. The van der Waals surface area contributed by atoms with Crippen molar-refractivity contribution in [2.45, 2.75) is 35.9 Å². The summed E-state index contributed by atoms with van der Waals surface area (Å²) in [7, 11) is -4.40. The van der Waals surface area contributed by atoms with Crippen LogP contribution in [0.5, 0.6) is 11.5 Å². The fourth-order valence-corrected chi connectivity index (χ4v) is 6.17. The Balaban J connectivity index is 2.14. The van der Waals surface area contributed by atoms with Crippen LogP contribution in [0, 0.1) is 81.4 Å². The van der Waals surface area contributed by atoms with E-state index in [0.717, 1.165) is 0 Å². The number of hydrogen-bond donors (Lipinski definition) is 0. The average Bonchev–Trinajstić information content (AvgIpc) is 3.14. The van der Waals surface area contributed by atoms with Crippen LogP contribution in [-0.2, 0) is 14.0 Å². The first-order chi connectivity index (χ1) is 24.5. The maximum absolute atomic E-state index is 16.2. The van der Waals surface area contributed by atoms with Gasteiger partial charge in [-0.1, -0.05) is 24.4 Å². The van der Waals surface area contributed by atoms with Crippen molar-refractivity contribution in [1.29, 1.82) is 0 Å². The zero-order valence-corrected chi connectivity index (χ0v) is 26.6. The SMILES string of the molecule is C[CH2][Al]([CH2]C)[O]C1(F)C(F)=C(F)C(OB(Oc2c(F)c(F)c(F)c(F)c2F)Oc2c(F)c(F)c(F)c(F)c2F)(c2cc(F)c(F)c(F)c2F)C(F)=C1F.